The number of hydrogen-bond donors (Lipinski definition) is 1. The second kappa shape index (κ2) is 3.48. The van der Waals surface area contributed by atoms with Crippen molar-refractivity contribution in [1.82, 2.24) is 9.55 Å². The van der Waals surface area contributed by atoms with Gasteiger partial charge in [-0.2, -0.15) is 0 Å². The Labute approximate surface area is 110 Å². The fourth-order valence-electron chi connectivity index (χ4n) is 2.84. The maximum absolute atomic E-state index is 6.31. The molecule has 0 amide bonds. The highest BCUT2D eigenvalue weighted by molar-refractivity contribution is 6.07. The zero-order chi connectivity index (χ0) is 13.0. The van der Waals surface area contributed by atoms with Crippen LogP contribution in [0, 0.1) is 0 Å². The molecule has 19 heavy (non-hydrogen) atoms. The molecule has 0 atom stereocenters. The van der Waals surface area contributed by atoms with Crippen LogP contribution in [0.15, 0.2) is 48.5 Å². The second-order valence-electron chi connectivity index (χ2n) is 4.82. The average molecular weight is 247 g/mol. The highest BCUT2D eigenvalue weighted by atomic mass is 15.0. The predicted octanol–water partition coefficient (Wildman–Crippen LogP) is 3.41. The van der Waals surface area contributed by atoms with Crippen molar-refractivity contribution < 1.29 is 0 Å². The number of rotatable bonds is 0. The van der Waals surface area contributed by atoms with Gasteiger partial charge in [0, 0.05) is 17.8 Å². The fraction of sp³-hybridized carbons (Fsp3) is 0.0625. The summed E-state index contributed by atoms with van der Waals surface area (Å²) in [6, 6.07) is 16.3. The topological polar surface area (TPSA) is 43.8 Å². The van der Waals surface area contributed by atoms with Crippen LogP contribution in [0.25, 0.3) is 33.2 Å². The third kappa shape index (κ3) is 1.24. The molecule has 2 N–H and O–H groups in total. The molecular formula is C16H13N3. The number of anilines is 1. The number of pyridine rings is 1. The standard InChI is InChI=1S/C16H13N3/c1-19-13-9-5-3-7-11(13)14(17)15-16(19)10-6-2-4-8-12(10)18-15/h2-9H,17H2,1H3. The molecule has 2 aliphatic rings. The normalized spacial score (nSPS) is 11.6. The number of aryl methyl sites for hydroxylation is 1. The van der Waals surface area contributed by atoms with E-state index >= 15 is 0 Å². The van der Waals surface area contributed by atoms with E-state index < -0.39 is 0 Å². The molecule has 0 unspecified atom stereocenters. The highest BCUT2D eigenvalue weighted by Gasteiger charge is 2.19. The lowest BCUT2D eigenvalue weighted by Crippen LogP contribution is -2.03. The van der Waals surface area contributed by atoms with E-state index in [4.69, 9.17) is 5.73 Å². The summed E-state index contributed by atoms with van der Waals surface area (Å²) >= 11 is 0. The Hall–Kier alpha value is -2.55. The minimum Gasteiger partial charge on any atom is -0.396 e. The lowest BCUT2D eigenvalue weighted by Gasteiger charge is -2.14. The van der Waals surface area contributed by atoms with Gasteiger partial charge in [0.2, 0.25) is 0 Å². The SMILES string of the molecule is Cn1c2c3ccccc3nc-2c(N)c2ccccc21. The van der Waals surface area contributed by atoms with Crippen molar-refractivity contribution >= 4 is 27.5 Å². The molecule has 0 aromatic heterocycles. The summed E-state index contributed by atoms with van der Waals surface area (Å²) in [6.07, 6.45) is 0. The zero-order valence-corrected chi connectivity index (χ0v) is 10.6. The van der Waals surface area contributed by atoms with Crippen molar-refractivity contribution in [1.29, 1.82) is 0 Å². The monoisotopic (exact) mass is 247 g/mol. The summed E-state index contributed by atoms with van der Waals surface area (Å²) in [6.45, 7) is 0. The van der Waals surface area contributed by atoms with Crippen molar-refractivity contribution in [2.24, 2.45) is 7.05 Å². The number of fused-ring (bicyclic) bond motifs is 4. The van der Waals surface area contributed by atoms with Crippen LogP contribution in [-0.4, -0.2) is 9.55 Å². The Balaban J connectivity index is 2.35. The average Bonchev–Trinajstić information content (AvgIpc) is 2.84. The van der Waals surface area contributed by atoms with Gasteiger partial charge in [0.15, 0.2) is 0 Å². The largest absolute Gasteiger partial charge is 0.396 e. The molecule has 3 nitrogen and oxygen atoms in total. The van der Waals surface area contributed by atoms with E-state index in [1.54, 1.807) is 0 Å². The van der Waals surface area contributed by atoms with Crippen LogP contribution in [0.4, 0.5) is 5.69 Å². The Kier molecular flexibility index (Phi) is 1.90. The van der Waals surface area contributed by atoms with Crippen molar-refractivity contribution in [2.45, 2.75) is 0 Å². The third-order valence-electron chi connectivity index (χ3n) is 3.76. The molecule has 92 valence electrons. The minimum atomic E-state index is 0.764. The first kappa shape index (κ1) is 10.4. The maximum Gasteiger partial charge on any atom is 0.112 e. The van der Waals surface area contributed by atoms with Crippen molar-refractivity contribution in [3.63, 3.8) is 0 Å². The van der Waals surface area contributed by atoms with Crippen LogP contribution >= 0.6 is 0 Å². The number of aromatic nitrogens is 2. The highest BCUT2D eigenvalue weighted by Crippen LogP contribution is 2.38. The molecule has 2 heterocycles. The molecule has 0 fully saturated rings. The number of nitrogens with two attached hydrogens (primary N) is 1. The molecule has 0 aliphatic carbocycles. The molecular weight excluding hydrogens is 234 g/mol. The zero-order valence-electron chi connectivity index (χ0n) is 10.6. The van der Waals surface area contributed by atoms with E-state index in [1.807, 2.05) is 36.4 Å². The summed E-state index contributed by atoms with van der Waals surface area (Å²) in [5.41, 5.74) is 11.2. The maximum atomic E-state index is 6.31. The summed E-state index contributed by atoms with van der Waals surface area (Å²) in [5.74, 6) is 0. The number of hydrogen-bond acceptors (Lipinski definition) is 2. The summed E-state index contributed by atoms with van der Waals surface area (Å²) in [4.78, 5) is 4.68. The fourth-order valence-corrected chi connectivity index (χ4v) is 2.84. The van der Waals surface area contributed by atoms with Gasteiger partial charge in [-0.1, -0.05) is 36.4 Å². The van der Waals surface area contributed by atoms with E-state index in [1.165, 1.54) is 0 Å². The van der Waals surface area contributed by atoms with Gasteiger partial charge in [-0.05, 0) is 12.1 Å². The molecule has 2 aromatic carbocycles. The quantitative estimate of drug-likeness (QED) is 0.517. The summed E-state index contributed by atoms with van der Waals surface area (Å²) < 4.78 is 2.18. The van der Waals surface area contributed by atoms with Crippen LogP contribution in [0.5, 0.6) is 0 Å². The number of nitrogen functional groups attached to an aromatic ring is 1. The van der Waals surface area contributed by atoms with Crippen molar-refractivity contribution in [2.75, 3.05) is 5.73 Å². The van der Waals surface area contributed by atoms with Crippen LogP contribution in [0.2, 0.25) is 0 Å². The number of para-hydroxylation sites is 2. The van der Waals surface area contributed by atoms with Gasteiger partial charge in [-0.3, -0.25) is 0 Å². The Morgan fingerprint density at radius 2 is 1.63 bits per heavy atom. The predicted molar refractivity (Wildman–Crippen MR) is 79.3 cm³/mol. The molecule has 0 radical (unpaired) electrons. The summed E-state index contributed by atoms with van der Waals surface area (Å²) in [5, 5.41) is 2.21. The summed E-state index contributed by atoms with van der Waals surface area (Å²) in [7, 11) is 2.07. The van der Waals surface area contributed by atoms with E-state index in [0.29, 0.717) is 0 Å². The Morgan fingerprint density at radius 3 is 2.47 bits per heavy atom. The number of benzene rings is 2. The van der Waals surface area contributed by atoms with E-state index in [9.17, 15) is 0 Å². The molecule has 2 aliphatic heterocycles. The molecule has 3 heteroatoms. The first-order valence-corrected chi connectivity index (χ1v) is 6.29. The van der Waals surface area contributed by atoms with Gasteiger partial charge in [-0.15, -0.1) is 0 Å². The lowest BCUT2D eigenvalue weighted by atomic mass is 10.1. The van der Waals surface area contributed by atoms with Gasteiger partial charge in [0.25, 0.3) is 0 Å². The van der Waals surface area contributed by atoms with Gasteiger partial charge >= 0.3 is 0 Å². The van der Waals surface area contributed by atoms with Gasteiger partial charge in [0.05, 0.1) is 22.4 Å². The van der Waals surface area contributed by atoms with Crippen LogP contribution in [-0.2, 0) is 7.05 Å². The van der Waals surface area contributed by atoms with Crippen molar-refractivity contribution in [3.05, 3.63) is 48.5 Å². The Morgan fingerprint density at radius 1 is 0.947 bits per heavy atom. The molecule has 0 spiro atoms. The molecule has 0 saturated heterocycles. The van der Waals surface area contributed by atoms with Gasteiger partial charge < -0.3 is 10.3 Å². The smallest absolute Gasteiger partial charge is 0.112 e. The van der Waals surface area contributed by atoms with Crippen molar-refractivity contribution in [3.8, 4) is 11.4 Å². The van der Waals surface area contributed by atoms with E-state index in [0.717, 1.165) is 38.9 Å². The lowest BCUT2D eigenvalue weighted by molar-refractivity contribution is 0.968. The molecule has 0 bridgehead atoms. The first-order valence-electron chi connectivity index (χ1n) is 6.29. The molecule has 2 aromatic rings. The van der Waals surface area contributed by atoms with Crippen LogP contribution in [0.3, 0.4) is 0 Å². The molecule has 4 rings (SSSR count). The third-order valence-corrected chi connectivity index (χ3v) is 3.76. The first-order chi connectivity index (χ1) is 9.27. The van der Waals surface area contributed by atoms with Gasteiger partial charge in [0.1, 0.15) is 5.69 Å². The Bertz CT molecular complexity index is 889. The second-order valence-corrected chi connectivity index (χ2v) is 4.82. The van der Waals surface area contributed by atoms with E-state index in [2.05, 4.69) is 28.7 Å². The molecule has 0 saturated carbocycles. The number of nitrogens with zero attached hydrogens (tertiary/aromatic N) is 2. The van der Waals surface area contributed by atoms with Gasteiger partial charge in [-0.25, -0.2) is 4.98 Å². The van der Waals surface area contributed by atoms with Crippen LogP contribution < -0.4 is 5.73 Å². The minimum absolute atomic E-state index is 0.764. The van der Waals surface area contributed by atoms with E-state index in [-0.39, 0.29) is 0 Å². The van der Waals surface area contributed by atoms with Crippen LogP contribution in [0.1, 0.15) is 0 Å².